The number of aromatic nitrogens is 4. The highest BCUT2D eigenvalue weighted by molar-refractivity contribution is 7.99. The van der Waals surface area contributed by atoms with E-state index < -0.39 is 0 Å². The van der Waals surface area contributed by atoms with Gasteiger partial charge in [0.1, 0.15) is 5.52 Å². The second-order valence-corrected chi connectivity index (χ2v) is 7.19. The third kappa shape index (κ3) is 3.90. The quantitative estimate of drug-likeness (QED) is 0.521. The number of hydrogen-bond donors (Lipinski definition) is 1. The van der Waals surface area contributed by atoms with Crippen LogP contribution in [0.1, 0.15) is 25.0 Å². The van der Waals surface area contributed by atoms with Gasteiger partial charge in [0, 0.05) is 18.8 Å². The summed E-state index contributed by atoms with van der Waals surface area (Å²) in [4.78, 5) is 29.6. The molecule has 0 unspecified atom stereocenters. The lowest BCUT2D eigenvalue weighted by Crippen LogP contribution is -2.23. The van der Waals surface area contributed by atoms with E-state index >= 15 is 0 Å². The van der Waals surface area contributed by atoms with E-state index in [4.69, 9.17) is 0 Å². The summed E-state index contributed by atoms with van der Waals surface area (Å²) < 4.78 is 3.26. The highest BCUT2D eigenvalue weighted by Gasteiger charge is 2.15. The molecule has 3 aromatic rings. The minimum Gasteiger partial charge on any atom is -0.325 e. The van der Waals surface area contributed by atoms with Crippen molar-refractivity contribution in [3.05, 3.63) is 45.9 Å². The molecule has 1 amide bonds. The molecule has 2 heterocycles. The molecule has 0 aliphatic rings. The van der Waals surface area contributed by atoms with Crippen LogP contribution in [0.3, 0.4) is 0 Å². The van der Waals surface area contributed by atoms with Gasteiger partial charge in [-0.15, -0.1) is 0 Å². The molecule has 0 aliphatic carbocycles. The fourth-order valence-corrected chi connectivity index (χ4v) is 3.64. The fourth-order valence-electron chi connectivity index (χ4n) is 2.78. The highest BCUT2D eigenvalue weighted by Crippen LogP contribution is 2.20. The number of thioether (sulfide) groups is 1. The maximum atomic E-state index is 12.7. The van der Waals surface area contributed by atoms with E-state index in [0.717, 1.165) is 16.8 Å². The molecule has 0 saturated carbocycles. The number of nitrogens with one attached hydrogen (secondary N) is 1. The zero-order chi connectivity index (χ0) is 19.6. The molecule has 0 bridgehead atoms. The van der Waals surface area contributed by atoms with Crippen LogP contribution in [-0.2, 0) is 17.9 Å². The van der Waals surface area contributed by atoms with Crippen molar-refractivity contribution in [1.29, 1.82) is 0 Å². The third-order valence-electron chi connectivity index (χ3n) is 4.49. The first kappa shape index (κ1) is 19.2. The molecule has 1 aromatic carbocycles. The molecule has 8 heteroatoms. The van der Waals surface area contributed by atoms with Crippen molar-refractivity contribution in [3.8, 4) is 0 Å². The molecular formula is C19H23N5O2S. The maximum Gasteiger partial charge on any atom is 0.282 e. The van der Waals surface area contributed by atoms with Gasteiger partial charge in [0.25, 0.3) is 5.56 Å². The Kier molecular flexibility index (Phi) is 5.65. The van der Waals surface area contributed by atoms with Gasteiger partial charge in [0.2, 0.25) is 5.91 Å². The fraction of sp³-hybridized carbons (Fsp3) is 0.368. The molecule has 2 aromatic heterocycles. The molecule has 142 valence electrons. The zero-order valence-electron chi connectivity index (χ0n) is 15.9. The molecule has 0 saturated heterocycles. The van der Waals surface area contributed by atoms with Crippen molar-refractivity contribution >= 4 is 34.4 Å². The molecule has 7 nitrogen and oxygen atoms in total. The number of carbonyl (C=O) groups is 1. The number of rotatable bonds is 6. The van der Waals surface area contributed by atoms with Gasteiger partial charge in [0.05, 0.1) is 11.9 Å². The van der Waals surface area contributed by atoms with Crippen LogP contribution in [0.2, 0.25) is 0 Å². The Hall–Kier alpha value is -2.61. The van der Waals surface area contributed by atoms with Crippen LogP contribution in [0.4, 0.5) is 5.69 Å². The molecule has 1 N–H and O–H groups in total. The summed E-state index contributed by atoms with van der Waals surface area (Å²) in [5, 5.41) is 7.74. The summed E-state index contributed by atoms with van der Waals surface area (Å²) in [5.74, 6) is 0.0442. The van der Waals surface area contributed by atoms with Gasteiger partial charge in [-0.05, 0) is 44.9 Å². The minimum absolute atomic E-state index is 0.130. The van der Waals surface area contributed by atoms with Crippen molar-refractivity contribution < 1.29 is 4.79 Å². The topological polar surface area (TPSA) is 81.8 Å². The Balaban J connectivity index is 1.80. The Bertz CT molecular complexity index is 1050. The lowest BCUT2D eigenvalue weighted by atomic mass is 10.1. The van der Waals surface area contributed by atoms with Crippen LogP contribution >= 0.6 is 11.8 Å². The second-order valence-electron chi connectivity index (χ2n) is 6.25. The molecule has 27 heavy (non-hydrogen) atoms. The molecule has 0 fully saturated rings. The molecule has 0 radical (unpaired) electrons. The van der Waals surface area contributed by atoms with Gasteiger partial charge in [-0.25, -0.2) is 4.98 Å². The third-order valence-corrected chi connectivity index (χ3v) is 5.46. The predicted molar refractivity (Wildman–Crippen MR) is 108 cm³/mol. The van der Waals surface area contributed by atoms with Gasteiger partial charge < -0.3 is 5.32 Å². The molecule has 0 aliphatic heterocycles. The Morgan fingerprint density at radius 1 is 1.22 bits per heavy atom. The van der Waals surface area contributed by atoms with Crippen LogP contribution < -0.4 is 10.9 Å². The van der Waals surface area contributed by atoms with Crippen molar-refractivity contribution in [2.45, 2.75) is 45.9 Å². The second kappa shape index (κ2) is 7.96. The number of fused-ring (bicyclic) bond motifs is 1. The maximum absolute atomic E-state index is 12.7. The Labute approximate surface area is 161 Å². The van der Waals surface area contributed by atoms with Gasteiger partial charge in [0.15, 0.2) is 10.7 Å². The first-order valence-corrected chi connectivity index (χ1v) is 9.90. The van der Waals surface area contributed by atoms with Gasteiger partial charge >= 0.3 is 0 Å². The molecular weight excluding hydrogens is 362 g/mol. The Morgan fingerprint density at radius 3 is 2.70 bits per heavy atom. The van der Waals surface area contributed by atoms with E-state index in [1.54, 1.807) is 15.4 Å². The summed E-state index contributed by atoms with van der Waals surface area (Å²) in [6.45, 7) is 8.97. The zero-order valence-corrected chi connectivity index (χ0v) is 16.8. The Morgan fingerprint density at radius 2 is 2.00 bits per heavy atom. The number of anilines is 1. The average molecular weight is 385 g/mol. The van der Waals surface area contributed by atoms with E-state index in [1.165, 1.54) is 11.8 Å². The monoisotopic (exact) mass is 385 g/mol. The van der Waals surface area contributed by atoms with Crippen LogP contribution in [0.5, 0.6) is 0 Å². The predicted octanol–water partition coefficient (Wildman–Crippen LogP) is 2.98. The van der Waals surface area contributed by atoms with Crippen LogP contribution in [-0.4, -0.2) is 31.0 Å². The first-order chi connectivity index (χ1) is 12.9. The highest BCUT2D eigenvalue weighted by atomic mass is 32.2. The smallest absolute Gasteiger partial charge is 0.282 e. The number of hydrogen-bond acceptors (Lipinski definition) is 5. The van der Waals surface area contributed by atoms with E-state index in [2.05, 4.69) is 15.4 Å². The standard InChI is InChI=1S/C19H23N5O2S/c1-5-23-10-15-17(22-23)18(26)24(6-2)19(21-15)27-11-16(25)20-14-9-7-8-12(3)13(14)4/h7-10H,5-6,11H2,1-4H3,(H,20,25). The van der Waals surface area contributed by atoms with Crippen molar-refractivity contribution in [3.63, 3.8) is 0 Å². The molecule has 0 spiro atoms. The van der Waals surface area contributed by atoms with E-state index in [9.17, 15) is 9.59 Å². The summed E-state index contributed by atoms with van der Waals surface area (Å²) in [6.07, 6.45) is 1.76. The van der Waals surface area contributed by atoms with Crippen LogP contribution in [0, 0.1) is 13.8 Å². The average Bonchev–Trinajstić information content (AvgIpc) is 3.07. The van der Waals surface area contributed by atoms with E-state index in [1.807, 2.05) is 45.9 Å². The number of aryl methyl sites for hydroxylation is 2. The summed E-state index contributed by atoms with van der Waals surface area (Å²) in [6, 6.07) is 5.81. The molecule has 3 rings (SSSR count). The van der Waals surface area contributed by atoms with Gasteiger partial charge in [-0.1, -0.05) is 23.9 Å². The summed E-state index contributed by atoms with van der Waals surface area (Å²) in [5.41, 5.74) is 3.73. The normalized spacial score (nSPS) is 11.1. The number of carbonyl (C=O) groups excluding carboxylic acids is 1. The van der Waals surface area contributed by atoms with E-state index in [0.29, 0.717) is 29.3 Å². The summed E-state index contributed by atoms with van der Waals surface area (Å²) in [7, 11) is 0. The largest absolute Gasteiger partial charge is 0.325 e. The lowest BCUT2D eigenvalue weighted by Gasteiger charge is -2.11. The first-order valence-electron chi connectivity index (χ1n) is 8.91. The van der Waals surface area contributed by atoms with Crippen molar-refractivity contribution in [2.24, 2.45) is 0 Å². The van der Waals surface area contributed by atoms with Crippen LogP contribution in [0.15, 0.2) is 34.3 Å². The van der Waals surface area contributed by atoms with Gasteiger partial charge in [-0.3, -0.25) is 18.8 Å². The number of amides is 1. The number of benzene rings is 1. The summed E-state index contributed by atoms with van der Waals surface area (Å²) >= 11 is 1.26. The molecule has 0 atom stereocenters. The number of nitrogens with zero attached hydrogens (tertiary/aromatic N) is 4. The van der Waals surface area contributed by atoms with Crippen molar-refractivity contribution in [2.75, 3.05) is 11.1 Å². The van der Waals surface area contributed by atoms with Crippen molar-refractivity contribution in [1.82, 2.24) is 19.3 Å². The lowest BCUT2D eigenvalue weighted by molar-refractivity contribution is -0.113. The SMILES string of the molecule is CCn1cc2nc(SCC(=O)Nc3cccc(C)c3C)n(CC)c(=O)c2n1. The van der Waals surface area contributed by atoms with Gasteiger partial charge in [-0.2, -0.15) is 5.10 Å². The minimum atomic E-state index is -0.174. The van der Waals surface area contributed by atoms with E-state index in [-0.39, 0.29) is 17.2 Å². The van der Waals surface area contributed by atoms with Crippen LogP contribution in [0.25, 0.3) is 11.0 Å².